The molecule has 0 saturated heterocycles. The number of carbonyl (C=O) groups is 2. The second kappa shape index (κ2) is 8.96. The van der Waals surface area contributed by atoms with Crippen LogP contribution in [-0.4, -0.2) is 11.9 Å². The number of nitrogens with two attached hydrogens (primary N) is 1. The van der Waals surface area contributed by atoms with Crippen molar-refractivity contribution in [3.05, 3.63) is 29.8 Å². The van der Waals surface area contributed by atoms with Crippen molar-refractivity contribution in [2.75, 3.05) is 5.73 Å². The number of para-hydroxylation sites is 1. The van der Waals surface area contributed by atoms with Gasteiger partial charge in [0.25, 0.3) is 5.91 Å². The summed E-state index contributed by atoms with van der Waals surface area (Å²) in [5.74, 6) is -0.938. The van der Waals surface area contributed by atoms with Crippen molar-refractivity contribution in [3.8, 4) is 0 Å². The van der Waals surface area contributed by atoms with Gasteiger partial charge in [0, 0.05) is 12.1 Å². The number of hydroxylamine groups is 1. The molecule has 1 aromatic carbocycles. The lowest BCUT2D eigenvalue weighted by Gasteiger charge is -2.07. The van der Waals surface area contributed by atoms with E-state index in [4.69, 9.17) is 10.6 Å². The quantitative estimate of drug-likeness (QED) is 0.456. The number of unbranched alkanes of at least 4 members (excludes halogenated alkanes) is 4. The molecule has 5 heteroatoms. The Kier molecular flexibility index (Phi) is 7.17. The summed E-state index contributed by atoms with van der Waals surface area (Å²) >= 11 is 0. The molecule has 0 aliphatic heterocycles. The predicted octanol–water partition coefficient (Wildman–Crippen LogP) is 2.82. The molecule has 0 aliphatic rings. The highest BCUT2D eigenvalue weighted by molar-refractivity contribution is 5.95. The number of nitrogen functional groups attached to an aromatic ring is 1. The van der Waals surface area contributed by atoms with E-state index in [0.717, 1.165) is 19.3 Å². The van der Waals surface area contributed by atoms with Crippen molar-refractivity contribution in [3.63, 3.8) is 0 Å². The van der Waals surface area contributed by atoms with Crippen LogP contribution in [0.3, 0.4) is 0 Å². The van der Waals surface area contributed by atoms with Gasteiger partial charge in [0.2, 0.25) is 0 Å². The first-order chi connectivity index (χ1) is 9.65. The van der Waals surface area contributed by atoms with Crippen LogP contribution in [0.15, 0.2) is 24.3 Å². The monoisotopic (exact) mass is 278 g/mol. The average molecular weight is 278 g/mol. The van der Waals surface area contributed by atoms with E-state index >= 15 is 0 Å². The Morgan fingerprint density at radius 2 is 1.85 bits per heavy atom. The molecular weight excluding hydrogens is 256 g/mol. The fraction of sp³-hybridized carbons (Fsp3) is 0.467. The lowest BCUT2D eigenvalue weighted by Crippen LogP contribution is -2.27. The highest BCUT2D eigenvalue weighted by atomic mass is 16.7. The zero-order valence-electron chi connectivity index (χ0n) is 11.9. The van der Waals surface area contributed by atoms with Gasteiger partial charge in [0.05, 0.1) is 5.56 Å². The number of nitrogens with one attached hydrogen (secondary N) is 1. The van der Waals surface area contributed by atoms with Crippen molar-refractivity contribution in [1.82, 2.24) is 5.48 Å². The first-order valence-corrected chi connectivity index (χ1v) is 6.99. The second-order valence-corrected chi connectivity index (χ2v) is 4.67. The van der Waals surface area contributed by atoms with E-state index in [1.807, 2.05) is 0 Å². The van der Waals surface area contributed by atoms with Crippen LogP contribution in [0.5, 0.6) is 0 Å². The Hall–Kier alpha value is -2.04. The standard InChI is InChI=1S/C15H22N2O3/c1-2-3-4-5-6-11-14(18)17-20-15(19)12-9-7-8-10-13(12)16/h7-10H,2-6,11,16H2,1H3,(H,17,18). The molecule has 0 atom stereocenters. The largest absolute Gasteiger partial charge is 0.398 e. The summed E-state index contributed by atoms with van der Waals surface area (Å²) in [6.07, 6.45) is 5.66. The highest BCUT2D eigenvalue weighted by Gasteiger charge is 2.12. The number of carbonyl (C=O) groups excluding carboxylic acids is 2. The van der Waals surface area contributed by atoms with Crippen molar-refractivity contribution in [2.24, 2.45) is 0 Å². The Bertz CT molecular complexity index is 446. The van der Waals surface area contributed by atoms with Crippen molar-refractivity contribution < 1.29 is 14.4 Å². The minimum absolute atomic E-state index is 0.246. The molecule has 0 unspecified atom stereocenters. The third kappa shape index (κ3) is 5.73. The Balaban J connectivity index is 2.24. The van der Waals surface area contributed by atoms with E-state index in [1.54, 1.807) is 24.3 Å². The molecule has 20 heavy (non-hydrogen) atoms. The van der Waals surface area contributed by atoms with Gasteiger partial charge >= 0.3 is 5.97 Å². The number of rotatable bonds is 7. The van der Waals surface area contributed by atoms with E-state index in [2.05, 4.69) is 12.4 Å². The lowest BCUT2D eigenvalue weighted by atomic mass is 10.1. The summed E-state index contributed by atoms with van der Waals surface area (Å²) in [5, 5.41) is 0. The van der Waals surface area contributed by atoms with Gasteiger partial charge < -0.3 is 10.6 Å². The fourth-order valence-corrected chi connectivity index (χ4v) is 1.78. The van der Waals surface area contributed by atoms with Crippen LogP contribution in [0.25, 0.3) is 0 Å². The summed E-state index contributed by atoms with van der Waals surface area (Å²) in [4.78, 5) is 27.9. The normalized spacial score (nSPS) is 10.1. The van der Waals surface area contributed by atoms with Gasteiger partial charge in [0.15, 0.2) is 0 Å². The third-order valence-corrected chi connectivity index (χ3v) is 2.95. The van der Waals surface area contributed by atoms with Gasteiger partial charge in [-0.1, -0.05) is 44.7 Å². The van der Waals surface area contributed by atoms with Crippen LogP contribution < -0.4 is 11.2 Å². The van der Waals surface area contributed by atoms with Gasteiger partial charge in [-0.15, -0.1) is 0 Å². The first-order valence-electron chi connectivity index (χ1n) is 6.99. The van der Waals surface area contributed by atoms with Crippen LogP contribution in [0.2, 0.25) is 0 Å². The highest BCUT2D eigenvalue weighted by Crippen LogP contribution is 2.11. The zero-order chi connectivity index (χ0) is 14.8. The van der Waals surface area contributed by atoms with E-state index in [-0.39, 0.29) is 11.5 Å². The molecule has 0 fully saturated rings. The molecule has 5 nitrogen and oxygen atoms in total. The Labute approximate surface area is 119 Å². The minimum atomic E-state index is -0.651. The molecule has 0 saturated carbocycles. The molecule has 0 bridgehead atoms. The molecule has 0 heterocycles. The lowest BCUT2D eigenvalue weighted by molar-refractivity contribution is -0.130. The Morgan fingerprint density at radius 3 is 2.55 bits per heavy atom. The minimum Gasteiger partial charge on any atom is -0.398 e. The topological polar surface area (TPSA) is 81.4 Å². The Morgan fingerprint density at radius 1 is 1.15 bits per heavy atom. The maximum Gasteiger partial charge on any atom is 0.365 e. The van der Waals surface area contributed by atoms with Crippen molar-refractivity contribution in [1.29, 1.82) is 0 Å². The summed E-state index contributed by atoms with van der Waals surface area (Å²) in [6.45, 7) is 2.14. The first kappa shape index (κ1) is 16.0. The van der Waals surface area contributed by atoms with Gasteiger partial charge in [-0.2, -0.15) is 5.48 Å². The summed E-state index contributed by atoms with van der Waals surface area (Å²) in [5.41, 5.74) is 8.37. The van der Waals surface area contributed by atoms with Crippen LogP contribution in [0.4, 0.5) is 5.69 Å². The molecule has 3 N–H and O–H groups in total. The fourth-order valence-electron chi connectivity index (χ4n) is 1.78. The van der Waals surface area contributed by atoms with Gasteiger partial charge in [0.1, 0.15) is 0 Å². The molecular formula is C15H22N2O3. The van der Waals surface area contributed by atoms with Crippen LogP contribution in [0, 0.1) is 0 Å². The van der Waals surface area contributed by atoms with Crippen LogP contribution in [0.1, 0.15) is 55.8 Å². The van der Waals surface area contributed by atoms with E-state index < -0.39 is 5.97 Å². The number of hydrogen-bond donors (Lipinski definition) is 2. The second-order valence-electron chi connectivity index (χ2n) is 4.67. The molecule has 1 rings (SSSR count). The molecule has 110 valence electrons. The van der Waals surface area contributed by atoms with Gasteiger partial charge in [-0.25, -0.2) is 4.79 Å². The maximum absolute atomic E-state index is 11.7. The third-order valence-electron chi connectivity index (χ3n) is 2.95. The molecule has 0 aliphatic carbocycles. The number of amides is 1. The van der Waals surface area contributed by atoms with Crippen LogP contribution in [-0.2, 0) is 9.63 Å². The van der Waals surface area contributed by atoms with Crippen molar-refractivity contribution >= 4 is 17.6 Å². The zero-order valence-corrected chi connectivity index (χ0v) is 11.9. The average Bonchev–Trinajstić information content (AvgIpc) is 2.45. The number of benzene rings is 1. The summed E-state index contributed by atoms with van der Waals surface area (Å²) < 4.78 is 0. The number of anilines is 1. The summed E-state index contributed by atoms with van der Waals surface area (Å²) in [6, 6.07) is 6.56. The smallest absolute Gasteiger partial charge is 0.365 e. The number of hydrogen-bond acceptors (Lipinski definition) is 4. The van der Waals surface area contributed by atoms with Crippen molar-refractivity contribution in [2.45, 2.75) is 45.4 Å². The van der Waals surface area contributed by atoms with E-state index in [1.165, 1.54) is 12.8 Å². The van der Waals surface area contributed by atoms with Crippen LogP contribution >= 0.6 is 0 Å². The molecule has 0 spiro atoms. The molecule has 1 amide bonds. The van der Waals surface area contributed by atoms with E-state index in [9.17, 15) is 9.59 Å². The SMILES string of the molecule is CCCCCCCC(=O)NOC(=O)c1ccccc1N. The maximum atomic E-state index is 11.7. The van der Waals surface area contributed by atoms with Gasteiger partial charge in [-0.05, 0) is 18.6 Å². The van der Waals surface area contributed by atoms with E-state index in [0.29, 0.717) is 12.1 Å². The predicted molar refractivity (Wildman–Crippen MR) is 77.8 cm³/mol. The van der Waals surface area contributed by atoms with Gasteiger partial charge in [-0.3, -0.25) is 4.79 Å². The summed E-state index contributed by atoms with van der Waals surface area (Å²) in [7, 11) is 0. The molecule has 0 aromatic heterocycles. The molecule has 0 radical (unpaired) electrons. The molecule has 1 aromatic rings.